The quantitative estimate of drug-likeness (QED) is 0.712. The van der Waals surface area contributed by atoms with E-state index in [0.717, 1.165) is 25.4 Å². The van der Waals surface area contributed by atoms with Gasteiger partial charge in [0.1, 0.15) is 17.4 Å². The molecule has 26 heavy (non-hydrogen) atoms. The van der Waals surface area contributed by atoms with Crippen LogP contribution in [0, 0.1) is 5.82 Å². The van der Waals surface area contributed by atoms with Crippen LogP contribution in [0.1, 0.15) is 35.0 Å². The van der Waals surface area contributed by atoms with E-state index in [4.69, 9.17) is 4.42 Å². The van der Waals surface area contributed by atoms with E-state index in [1.54, 1.807) is 12.1 Å². The van der Waals surface area contributed by atoms with Gasteiger partial charge in [0.15, 0.2) is 5.76 Å². The average Bonchev–Trinajstić information content (AvgIpc) is 3.35. The molecule has 0 aliphatic carbocycles. The molecule has 3 aromatic rings. The van der Waals surface area contributed by atoms with Gasteiger partial charge in [0.2, 0.25) is 0 Å². The largest absolute Gasteiger partial charge is 0.455 e. The average molecular weight is 356 g/mol. The van der Waals surface area contributed by atoms with E-state index < -0.39 is 0 Å². The van der Waals surface area contributed by atoms with E-state index >= 15 is 0 Å². The lowest BCUT2D eigenvalue weighted by Crippen LogP contribution is -2.25. The van der Waals surface area contributed by atoms with E-state index in [1.165, 1.54) is 25.0 Å². The van der Waals surface area contributed by atoms with Gasteiger partial charge in [-0.05, 0) is 56.3 Å². The molecule has 0 saturated carbocycles. The predicted octanol–water partition coefficient (Wildman–Crippen LogP) is 2.86. The number of H-pyrrole nitrogens is 1. The third-order valence-corrected chi connectivity index (χ3v) is 4.60. The molecule has 2 N–H and O–H groups in total. The molecule has 1 saturated heterocycles. The second kappa shape index (κ2) is 7.29. The molecule has 1 fully saturated rings. The van der Waals surface area contributed by atoms with E-state index in [-0.39, 0.29) is 11.7 Å². The fourth-order valence-corrected chi connectivity index (χ4v) is 3.28. The Kier molecular flexibility index (Phi) is 4.71. The highest BCUT2D eigenvalue weighted by Gasteiger charge is 2.16. The first-order valence-corrected chi connectivity index (χ1v) is 8.91. The van der Waals surface area contributed by atoms with Gasteiger partial charge in [-0.2, -0.15) is 0 Å². The van der Waals surface area contributed by atoms with Crippen LogP contribution in [0.25, 0.3) is 11.0 Å². The van der Waals surface area contributed by atoms with Crippen LogP contribution in [0.5, 0.6) is 0 Å². The van der Waals surface area contributed by atoms with Gasteiger partial charge in [-0.1, -0.05) is 0 Å². The maximum Gasteiger partial charge on any atom is 0.287 e. The standard InChI is InChI=1S/C19H21FN4O2/c20-13-3-5-15-16(11-13)23-18(22-15)7-8-21-19(25)17-6-4-14(26-17)12-24-9-1-2-10-24/h3-6,11H,1-2,7-10,12H2,(H,21,25)(H,22,23). The molecule has 0 bridgehead atoms. The number of likely N-dealkylation sites (tertiary alicyclic amines) is 1. The van der Waals surface area contributed by atoms with Crippen LogP contribution in [0.3, 0.4) is 0 Å². The summed E-state index contributed by atoms with van der Waals surface area (Å²) in [7, 11) is 0. The highest BCUT2D eigenvalue weighted by Crippen LogP contribution is 2.15. The van der Waals surface area contributed by atoms with Gasteiger partial charge in [0.05, 0.1) is 17.6 Å². The molecule has 136 valence electrons. The van der Waals surface area contributed by atoms with Crippen LogP contribution in [-0.4, -0.2) is 40.4 Å². The summed E-state index contributed by atoms with van der Waals surface area (Å²) in [5.74, 6) is 1.31. The zero-order valence-corrected chi connectivity index (χ0v) is 14.4. The van der Waals surface area contributed by atoms with Gasteiger partial charge < -0.3 is 14.7 Å². The molecule has 7 heteroatoms. The minimum atomic E-state index is -0.302. The molecule has 0 atom stereocenters. The summed E-state index contributed by atoms with van der Waals surface area (Å²) in [4.78, 5) is 22.0. The molecule has 0 spiro atoms. The van der Waals surface area contributed by atoms with Gasteiger partial charge in [-0.25, -0.2) is 9.37 Å². The van der Waals surface area contributed by atoms with Gasteiger partial charge in [0.25, 0.3) is 5.91 Å². The zero-order chi connectivity index (χ0) is 17.9. The fourth-order valence-electron chi connectivity index (χ4n) is 3.28. The van der Waals surface area contributed by atoms with Crippen molar-refractivity contribution in [1.29, 1.82) is 0 Å². The first-order chi connectivity index (χ1) is 12.7. The number of aromatic amines is 1. The van der Waals surface area contributed by atoms with Crippen LogP contribution in [0.15, 0.2) is 34.7 Å². The topological polar surface area (TPSA) is 74.2 Å². The molecule has 0 radical (unpaired) electrons. The number of benzene rings is 1. The summed E-state index contributed by atoms with van der Waals surface area (Å²) in [6, 6.07) is 8.00. The number of hydrogen-bond donors (Lipinski definition) is 2. The number of nitrogens with one attached hydrogen (secondary N) is 2. The number of rotatable bonds is 6. The van der Waals surface area contributed by atoms with Crippen LogP contribution in [-0.2, 0) is 13.0 Å². The third kappa shape index (κ3) is 3.77. The highest BCUT2D eigenvalue weighted by atomic mass is 19.1. The number of amides is 1. The number of aromatic nitrogens is 2. The molecule has 0 unspecified atom stereocenters. The van der Waals surface area contributed by atoms with Gasteiger partial charge in [-0.3, -0.25) is 9.69 Å². The second-order valence-corrected chi connectivity index (χ2v) is 6.60. The molecule has 4 rings (SSSR count). The van der Waals surface area contributed by atoms with Crippen molar-refractivity contribution < 1.29 is 13.6 Å². The number of imidazole rings is 1. The van der Waals surface area contributed by atoms with Crippen LogP contribution < -0.4 is 5.32 Å². The maximum atomic E-state index is 13.2. The number of fused-ring (bicyclic) bond motifs is 1. The Morgan fingerprint density at radius 3 is 2.96 bits per heavy atom. The first kappa shape index (κ1) is 16.8. The van der Waals surface area contributed by atoms with Gasteiger partial charge >= 0.3 is 0 Å². The number of carbonyl (C=O) groups is 1. The number of hydrogen-bond acceptors (Lipinski definition) is 4. The van der Waals surface area contributed by atoms with Crippen LogP contribution in [0.2, 0.25) is 0 Å². The lowest BCUT2D eigenvalue weighted by atomic mass is 10.3. The van der Waals surface area contributed by atoms with Gasteiger partial charge in [-0.15, -0.1) is 0 Å². The Balaban J connectivity index is 1.29. The lowest BCUT2D eigenvalue weighted by molar-refractivity contribution is 0.0923. The Labute approximate surface area is 150 Å². The monoisotopic (exact) mass is 356 g/mol. The molecule has 2 aromatic heterocycles. The van der Waals surface area contributed by atoms with Crippen molar-refractivity contribution in [1.82, 2.24) is 20.2 Å². The smallest absolute Gasteiger partial charge is 0.287 e. The molecule has 1 amide bonds. The molecule has 1 aliphatic heterocycles. The Hall–Kier alpha value is -2.67. The minimum Gasteiger partial charge on any atom is -0.455 e. The number of carbonyl (C=O) groups excluding carboxylic acids is 1. The van der Waals surface area contributed by atoms with Crippen molar-refractivity contribution in [3.05, 3.63) is 53.5 Å². The minimum absolute atomic E-state index is 0.236. The Morgan fingerprint density at radius 1 is 1.27 bits per heavy atom. The SMILES string of the molecule is O=C(NCCc1nc2ccc(F)cc2[nH]1)c1ccc(CN2CCCC2)o1. The van der Waals surface area contributed by atoms with Crippen LogP contribution >= 0.6 is 0 Å². The van der Waals surface area contributed by atoms with Crippen molar-refractivity contribution in [2.45, 2.75) is 25.8 Å². The van der Waals surface area contributed by atoms with Crippen LogP contribution in [0.4, 0.5) is 4.39 Å². The predicted molar refractivity (Wildman–Crippen MR) is 95.3 cm³/mol. The van der Waals surface area contributed by atoms with E-state index in [1.807, 2.05) is 6.07 Å². The summed E-state index contributed by atoms with van der Waals surface area (Å²) in [6.45, 7) is 3.35. The van der Waals surface area contributed by atoms with E-state index in [9.17, 15) is 9.18 Å². The molecular weight excluding hydrogens is 335 g/mol. The third-order valence-electron chi connectivity index (χ3n) is 4.60. The second-order valence-electron chi connectivity index (χ2n) is 6.60. The highest BCUT2D eigenvalue weighted by molar-refractivity contribution is 5.91. The summed E-state index contributed by atoms with van der Waals surface area (Å²) < 4.78 is 18.9. The molecule has 1 aromatic carbocycles. The number of furan rings is 1. The number of halogens is 1. The fraction of sp³-hybridized carbons (Fsp3) is 0.368. The summed E-state index contributed by atoms with van der Waals surface area (Å²) >= 11 is 0. The lowest BCUT2D eigenvalue weighted by Gasteiger charge is -2.11. The van der Waals surface area contributed by atoms with Gasteiger partial charge in [0, 0.05) is 13.0 Å². The zero-order valence-electron chi connectivity index (χ0n) is 14.4. The number of nitrogens with zero attached hydrogens (tertiary/aromatic N) is 2. The Bertz CT molecular complexity index is 911. The van der Waals surface area contributed by atoms with Crippen molar-refractivity contribution in [3.8, 4) is 0 Å². The molecule has 3 heterocycles. The van der Waals surface area contributed by atoms with Crippen molar-refractivity contribution >= 4 is 16.9 Å². The van der Waals surface area contributed by atoms with E-state index in [2.05, 4.69) is 20.2 Å². The summed E-state index contributed by atoms with van der Waals surface area (Å²) in [5, 5.41) is 2.83. The summed E-state index contributed by atoms with van der Waals surface area (Å²) in [5.41, 5.74) is 1.37. The first-order valence-electron chi connectivity index (χ1n) is 8.91. The molecule has 1 aliphatic rings. The Morgan fingerprint density at radius 2 is 2.12 bits per heavy atom. The van der Waals surface area contributed by atoms with Crippen molar-refractivity contribution in [3.63, 3.8) is 0 Å². The normalized spacial score (nSPS) is 15.0. The molecular formula is C19H21FN4O2. The van der Waals surface area contributed by atoms with Crippen molar-refractivity contribution in [2.75, 3.05) is 19.6 Å². The molecule has 6 nitrogen and oxygen atoms in total. The van der Waals surface area contributed by atoms with Crippen molar-refractivity contribution in [2.24, 2.45) is 0 Å². The van der Waals surface area contributed by atoms with E-state index in [0.29, 0.717) is 35.6 Å². The maximum absolute atomic E-state index is 13.2. The summed E-state index contributed by atoms with van der Waals surface area (Å²) in [6.07, 6.45) is 2.98.